The van der Waals surface area contributed by atoms with Gasteiger partial charge in [-0.15, -0.1) is 0 Å². The van der Waals surface area contributed by atoms with Crippen LogP contribution in [0.1, 0.15) is 52.4 Å². The Morgan fingerprint density at radius 1 is 1.18 bits per heavy atom. The first-order valence-electron chi connectivity index (χ1n) is 8.37. The van der Waals surface area contributed by atoms with E-state index in [4.69, 9.17) is 0 Å². The van der Waals surface area contributed by atoms with Gasteiger partial charge in [0.05, 0.1) is 0 Å². The lowest BCUT2D eigenvalue weighted by molar-refractivity contribution is -0.120. The van der Waals surface area contributed by atoms with Crippen LogP contribution in [-0.2, 0) is 9.59 Å². The van der Waals surface area contributed by atoms with Crippen LogP contribution in [0.15, 0.2) is 24.3 Å². The van der Waals surface area contributed by atoms with Crippen LogP contribution in [0.4, 0.5) is 11.4 Å². The van der Waals surface area contributed by atoms with Crippen LogP contribution in [0.2, 0.25) is 0 Å². The number of hydrogen-bond donors (Lipinski definition) is 1. The van der Waals surface area contributed by atoms with Gasteiger partial charge in [-0.05, 0) is 43.5 Å². The smallest absolute Gasteiger partial charge is 0.227 e. The van der Waals surface area contributed by atoms with E-state index in [2.05, 4.69) is 19.2 Å². The third-order valence-electron chi connectivity index (χ3n) is 4.16. The maximum Gasteiger partial charge on any atom is 0.227 e. The lowest BCUT2D eigenvalue weighted by Crippen LogP contribution is -2.24. The maximum atomic E-state index is 12.3. The molecule has 4 nitrogen and oxygen atoms in total. The quantitative estimate of drug-likeness (QED) is 0.828. The Hall–Kier alpha value is -1.84. The predicted molar refractivity (Wildman–Crippen MR) is 90.0 cm³/mol. The molecule has 2 rings (SSSR count). The van der Waals surface area contributed by atoms with Crippen molar-refractivity contribution in [2.24, 2.45) is 5.92 Å². The molecule has 4 heteroatoms. The van der Waals surface area contributed by atoms with Gasteiger partial charge in [-0.2, -0.15) is 0 Å². The monoisotopic (exact) mass is 302 g/mol. The third-order valence-corrected chi connectivity index (χ3v) is 4.16. The fourth-order valence-corrected chi connectivity index (χ4v) is 2.99. The van der Waals surface area contributed by atoms with Crippen LogP contribution in [-0.4, -0.2) is 18.4 Å². The summed E-state index contributed by atoms with van der Waals surface area (Å²) in [4.78, 5) is 25.8. The number of benzene rings is 1. The van der Waals surface area contributed by atoms with Crippen LogP contribution in [0, 0.1) is 5.92 Å². The first-order chi connectivity index (χ1) is 10.7. The van der Waals surface area contributed by atoms with Crippen molar-refractivity contribution in [3.63, 3.8) is 0 Å². The number of carbonyl (C=O) groups is 2. The Morgan fingerprint density at radius 3 is 2.32 bits per heavy atom. The van der Waals surface area contributed by atoms with Crippen molar-refractivity contribution in [3.8, 4) is 0 Å². The number of nitrogens with one attached hydrogen (secondary N) is 1. The molecule has 1 heterocycles. The fraction of sp³-hybridized carbons (Fsp3) is 0.556. The van der Waals surface area contributed by atoms with Gasteiger partial charge >= 0.3 is 0 Å². The molecule has 1 fully saturated rings. The average molecular weight is 302 g/mol. The predicted octanol–water partition coefficient (Wildman–Crippen LogP) is 3.97. The second kappa shape index (κ2) is 7.97. The van der Waals surface area contributed by atoms with Gasteiger partial charge in [-0.3, -0.25) is 9.59 Å². The lowest BCUT2D eigenvalue weighted by Gasteiger charge is -2.17. The van der Waals surface area contributed by atoms with E-state index in [1.54, 1.807) is 0 Å². The molecule has 1 saturated heterocycles. The van der Waals surface area contributed by atoms with Gasteiger partial charge in [0.2, 0.25) is 11.8 Å². The van der Waals surface area contributed by atoms with Crippen molar-refractivity contribution in [3.05, 3.63) is 24.3 Å². The lowest BCUT2D eigenvalue weighted by atomic mass is 9.97. The van der Waals surface area contributed by atoms with Gasteiger partial charge in [0.1, 0.15) is 0 Å². The van der Waals surface area contributed by atoms with E-state index in [0.29, 0.717) is 6.42 Å². The van der Waals surface area contributed by atoms with Gasteiger partial charge in [0.25, 0.3) is 0 Å². The number of rotatable bonds is 7. The number of anilines is 2. The summed E-state index contributed by atoms with van der Waals surface area (Å²) < 4.78 is 0. The zero-order chi connectivity index (χ0) is 15.9. The van der Waals surface area contributed by atoms with E-state index in [9.17, 15) is 9.59 Å². The van der Waals surface area contributed by atoms with Crippen molar-refractivity contribution in [2.75, 3.05) is 16.8 Å². The molecule has 0 saturated carbocycles. The highest BCUT2D eigenvalue weighted by Gasteiger charge is 2.21. The van der Waals surface area contributed by atoms with E-state index >= 15 is 0 Å². The molecule has 1 N–H and O–H groups in total. The van der Waals surface area contributed by atoms with Gasteiger partial charge in [0.15, 0.2) is 0 Å². The first-order valence-corrected chi connectivity index (χ1v) is 8.37. The SMILES string of the molecule is CCCC(CCC)C(=O)Nc1ccc(N2CCCC2=O)cc1. The summed E-state index contributed by atoms with van der Waals surface area (Å²) in [5, 5.41) is 3.00. The Morgan fingerprint density at radius 2 is 1.82 bits per heavy atom. The average Bonchev–Trinajstić information content (AvgIpc) is 2.94. The third kappa shape index (κ3) is 4.09. The molecule has 2 amide bonds. The van der Waals surface area contributed by atoms with Crippen molar-refractivity contribution >= 4 is 23.2 Å². The molecule has 1 aliphatic heterocycles. The molecule has 0 aliphatic carbocycles. The number of carbonyl (C=O) groups excluding carboxylic acids is 2. The molecule has 1 aromatic rings. The Bertz CT molecular complexity index is 504. The zero-order valence-electron chi connectivity index (χ0n) is 13.6. The van der Waals surface area contributed by atoms with E-state index in [1.165, 1.54) is 0 Å². The van der Waals surface area contributed by atoms with Gasteiger partial charge < -0.3 is 10.2 Å². The standard InChI is InChI=1S/C18H26N2O2/c1-3-6-14(7-4-2)18(22)19-15-9-11-16(12-10-15)20-13-5-8-17(20)21/h9-12,14H,3-8,13H2,1-2H3,(H,19,22). The molecule has 0 atom stereocenters. The molecule has 0 bridgehead atoms. The van der Waals surface area contributed by atoms with Gasteiger partial charge in [0, 0.05) is 30.3 Å². The molecule has 0 spiro atoms. The molecular formula is C18H26N2O2. The molecule has 0 aromatic heterocycles. The molecule has 1 aliphatic rings. The Balaban J connectivity index is 1.98. The van der Waals surface area contributed by atoms with Crippen molar-refractivity contribution < 1.29 is 9.59 Å². The molecule has 0 unspecified atom stereocenters. The number of hydrogen-bond acceptors (Lipinski definition) is 2. The van der Waals surface area contributed by atoms with Crippen LogP contribution in [0.25, 0.3) is 0 Å². The van der Waals surface area contributed by atoms with Crippen molar-refractivity contribution in [2.45, 2.75) is 52.4 Å². The molecule has 22 heavy (non-hydrogen) atoms. The highest BCUT2D eigenvalue weighted by Crippen LogP contribution is 2.24. The first kappa shape index (κ1) is 16.5. The largest absolute Gasteiger partial charge is 0.326 e. The summed E-state index contributed by atoms with van der Waals surface area (Å²) >= 11 is 0. The molecule has 0 radical (unpaired) electrons. The van der Waals surface area contributed by atoms with E-state index < -0.39 is 0 Å². The maximum absolute atomic E-state index is 12.3. The minimum absolute atomic E-state index is 0.0924. The molecule has 120 valence electrons. The minimum Gasteiger partial charge on any atom is -0.326 e. The highest BCUT2D eigenvalue weighted by atomic mass is 16.2. The van der Waals surface area contributed by atoms with E-state index in [1.807, 2.05) is 29.2 Å². The van der Waals surface area contributed by atoms with Gasteiger partial charge in [-0.1, -0.05) is 26.7 Å². The topological polar surface area (TPSA) is 49.4 Å². The van der Waals surface area contributed by atoms with Crippen LogP contribution in [0.3, 0.4) is 0 Å². The second-order valence-corrected chi connectivity index (χ2v) is 5.96. The van der Waals surface area contributed by atoms with Crippen molar-refractivity contribution in [1.29, 1.82) is 0 Å². The number of nitrogens with zero attached hydrogens (tertiary/aromatic N) is 1. The minimum atomic E-state index is 0.0924. The second-order valence-electron chi connectivity index (χ2n) is 5.96. The Labute approximate surface area is 132 Å². The molecular weight excluding hydrogens is 276 g/mol. The summed E-state index contributed by atoms with van der Waals surface area (Å²) in [5.74, 6) is 0.381. The summed E-state index contributed by atoms with van der Waals surface area (Å²) in [6, 6.07) is 7.59. The van der Waals surface area contributed by atoms with E-state index in [-0.39, 0.29) is 17.7 Å². The summed E-state index contributed by atoms with van der Waals surface area (Å²) in [6.07, 6.45) is 5.46. The van der Waals surface area contributed by atoms with Crippen molar-refractivity contribution in [1.82, 2.24) is 0 Å². The van der Waals surface area contributed by atoms with Crippen LogP contribution >= 0.6 is 0 Å². The fourth-order valence-electron chi connectivity index (χ4n) is 2.99. The highest BCUT2D eigenvalue weighted by molar-refractivity contribution is 5.96. The van der Waals surface area contributed by atoms with E-state index in [0.717, 1.165) is 50.0 Å². The summed E-state index contributed by atoms with van der Waals surface area (Å²) in [5.41, 5.74) is 1.72. The van der Waals surface area contributed by atoms with Gasteiger partial charge in [-0.25, -0.2) is 0 Å². The van der Waals surface area contributed by atoms with Crippen LogP contribution < -0.4 is 10.2 Å². The molecule has 1 aromatic carbocycles. The zero-order valence-corrected chi connectivity index (χ0v) is 13.6. The van der Waals surface area contributed by atoms with Crippen LogP contribution in [0.5, 0.6) is 0 Å². The number of amides is 2. The Kier molecular flexibility index (Phi) is 5.99. The summed E-state index contributed by atoms with van der Waals surface area (Å²) in [6.45, 7) is 5.01. The normalized spacial score (nSPS) is 14.7. The summed E-state index contributed by atoms with van der Waals surface area (Å²) in [7, 11) is 0.